The highest BCUT2D eigenvalue weighted by molar-refractivity contribution is 7.37. The van der Waals surface area contributed by atoms with Crippen molar-refractivity contribution in [2.75, 3.05) is 6.16 Å². The third-order valence-electron chi connectivity index (χ3n) is 1.01. The first-order valence-electron chi connectivity index (χ1n) is 3.02. The molecule has 0 aliphatic heterocycles. The van der Waals surface area contributed by atoms with Crippen LogP contribution in [0.4, 0.5) is 0 Å². The number of halogens is 1. The van der Waals surface area contributed by atoms with Crippen LogP contribution in [0.2, 0.25) is 0 Å². The van der Waals surface area contributed by atoms with Crippen LogP contribution in [0, 0.1) is 0 Å². The molecule has 0 bridgehead atoms. The van der Waals surface area contributed by atoms with Gasteiger partial charge in [0.25, 0.3) is 0 Å². The first-order chi connectivity index (χ1) is 4.13. The van der Waals surface area contributed by atoms with E-state index < -0.39 is 8.03 Å². The molecule has 0 heterocycles. The Morgan fingerprint density at radius 2 is 2.20 bits per heavy atom. The molecule has 0 spiro atoms. The molecule has 0 aromatic rings. The van der Waals surface area contributed by atoms with Crippen molar-refractivity contribution in [3.05, 3.63) is 0 Å². The van der Waals surface area contributed by atoms with Crippen LogP contribution in [0.25, 0.3) is 0 Å². The highest BCUT2D eigenvalue weighted by Gasteiger charge is 2.08. The summed E-state index contributed by atoms with van der Waals surface area (Å²) in [6.07, 6.45) is 1.97. The highest BCUT2D eigenvalue weighted by atomic mass is 35.5. The van der Waals surface area contributed by atoms with Crippen molar-refractivity contribution in [3.63, 3.8) is 0 Å². The lowest BCUT2D eigenvalue weighted by Crippen LogP contribution is -2.14. The van der Waals surface area contributed by atoms with Crippen molar-refractivity contribution in [2.45, 2.75) is 25.8 Å². The molecule has 0 radical (unpaired) electrons. The molecule has 0 amide bonds. The molecule has 62 valence electrons. The van der Waals surface area contributed by atoms with Gasteiger partial charge in [-0.1, -0.05) is 0 Å². The fraction of sp³-hybridized carbons (Fsp3) is 1.00. The Kier molecular flexibility index (Phi) is 9.60. The third-order valence-corrected chi connectivity index (χ3v) is 1.71. The Balaban J connectivity index is 0. The molecule has 3 N–H and O–H groups in total. The van der Waals surface area contributed by atoms with Crippen LogP contribution < -0.4 is 5.73 Å². The molecule has 0 saturated heterocycles. The molecular formula is C5H14ClNO2P+. The Labute approximate surface area is 68.3 Å². The fourth-order valence-electron chi connectivity index (χ4n) is 0.549. The summed E-state index contributed by atoms with van der Waals surface area (Å²) < 4.78 is 10.1. The lowest BCUT2D eigenvalue weighted by Gasteiger charge is -1.97. The minimum Gasteiger partial charge on any atom is -0.328 e. The van der Waals surface area contributed by atoms with Gasteiger partial charge in [0.1, 0.15) is 0 Å². The quantitative estimate of drug-likeness (QED) is 0.650. The van der Waals surface area contributed by atoms with Gasteiger partial charge in [-0.25, -0.2) is 0 Å². The lowest BCUT2D eigenvalue weighted by molar-refractivity contribution is 0.498. The molecular weight excluding hydrogens is 172 g/mol. The van der Waals surface area contributed by atoms with Crippen LogP contribution in [0.15, 0.2) is 0 Å². The molecule has 0 saturated carbocycles. The van der Waals surface area contributed by atoms with Gasteiger partial charge in [-0.2, -0.15) is 4.89 Å². The van der Waals surface area contributed by atoms with Gasteiger partial charge in [0.15, 0.2) is 6.16 Å². The number of hydrogen-bond acceptors (Lipinski definition) is 2. The molecule has 0 fully saturated rings. The summed E-state index contributed by atoms with van der Waals surface area (Å²) in [6, 6.07) is 0.153. The van der Waals surface area contributed by atoms with Crippen molar-refractivity contribution in [1.29, 1.82) is 0 Å². The minimum atomic E-state index is -1.94. The van der Waals surface area contributed by atoms with Crippen molar-refractivity contribution in [2.24, 2.45) is 5.73 Å². The number of hydrogen-bond donors (Lipinski definition) is 2. The van der Waals surface area contributed by atoms with Crippen molar-refractivity contribution < 1.29 is 9.46 Å². The molecule has 10 heavy (non-hydrogen) atoms. The van der Waals surface area contributed by atoms with E-state index >= 15 is 0 Å². The summed E-state index contributed by atoms with van der Waals surface area (Å²) in [5.41, 5.74) is 5.40. The van der Waals surface area contributed by atoms with Crippen LogP contribution in [-0.2, 0) is 4.57 Å². The molecule has 0 aliphatic carbocycles. The van der Waals surface area contributed by atoms with Gasteiger partial charge < -0.3 is 5.73 Å². The molecule has 0 aromatic heterocycles. The van der Waals surface area contributed by atoms with E-state index in [1.54, 1.807) is 0 Å². The van der Waals surface area contributed by atoms with Crippen LogP contribution in [0.5, 0.6) is 0 Å². The second kappa shape index (κ2) is 7.42. The molecule has 0 aliphatic rings. The summed E-state index contributed by atoms with van der Waals surface area (Å²) in [5, 5.41) is 0. The van der Waals surface area contributed by atoms with Crippen molar-refractivity contribution >= 4 is 20.4 Å². The molecule has 1 unspecified atom stereocenters. The second-order valence-corrected chi connectivity index (χ2v) is 3.35. The van der Waals surface area contributed by atoms with E-state index in [0.717, 1.165) is 12.8 Å². The molecule has 5 heteroatoms. The predicted octanol–water partition coefficient (Wildman–Crippen LogP) is 1.27. The predicted molar refractivity (Wildman–Crippen MR) is 44.8 cm³/mol. The highest BCUT2D eigenvalue weighted by Crippen LogP contribution is 2.14. The largest absolute Gasteiger partial charge is 0.505 e. The van der Waals surface area contributed by atoms with Crippen LogP contribution in [0.3, 0.4) is 0 Å². The molecule has 0 aromatic carbocycles. The van der Waals surface area contributed by atoms with E-state index in [-0.39, 0.29) is 18.4 Å². The third kappa shape index (κ3) is 11.2. The van der Waals surface area contributed by atoms with E-state index in [1.807, 2.05) is 6.92 Å². The van der Waals surface area contributed by atoms with Crippen molar-refractivity contribution in [1.82, 2.24) is 0 Å². The zero-order valence-electron chi connectivity index (χ0n) is 5.99. The average molecular weight is 187 g/mol. The van der Waals surface area contributed by atoms with Gasteiger partial charge in [0, 0.05) is 6.04 Å². The monoisotopic (exact) mass is 186 g/mol. The summed E-state index contributed by atoms with van der Waals surface area (Å²) >= 11 is 0. The molecule has 3 nitrogen and oxygen atoms in total. The maximum atomic E-state index is 10.1. The van der Waals surface area contributed by atoms with Gasteiger partial charge in [-0.15, -0.1) is 12.4 Å². The van der Waals surface area contributed by atoms with Gasteiger partial charge >= 0.3 is 8.03 Å². The lowest BCUT2D eigenvalue weighted by atomic mass is 10.2. The molecule has 2 atom stereocenters. The van der Waals surface area contributed by atoms with E-state index in [2.05, 4.69) is 0 Å². The van der Waals surface area contributed by atoms with E-state index in [4.69, 9.17) is 10.6 Å². The maximum Gasteiger partial charge on any atom is 0.505 e. The second-order valence-electron chi connectivity index (χ2n) is 2.20. The Bertz CT molecular complexity index is 99.6. The Morgan fingerprint density at radius 1 is 1.70 bits per heavy atom. The summed E-state index contributed by atoms with van der Waals surface area (Å²) in [4.78, 5) is 8.33. The Hall–Kier alpha value is 0.310. The number of nitrogens with two attached hydrogens (primary N) is 1. The average Bonchev–Trinajstić information content (AvgIpc) is 1.63. The standard InChI is InChI=1S/C5H12NO2P.ClH/c1-5(6)3-2-4-9(7)8;/h5H,2-4,6H2,1H3;1H/p+1/t5-;/m1./s1. The van der Waals surface area contributed by atoms with Gasteiger partial charge in [-0.3, -0.25) is 0 Å². The maximum absolute atomic E-state index is 10.1. The van der Waals surface area contributed by atoms with Crippen LogP contribution in [0.1, 0.15) is 19.8 Å². The fourth-order valence-corrected chi connectivity index (χ4v) is 1.00. The van der Waals surface area contributed by atoms with Gasteiger partial charge in [-0.05, 0) is 24.3 Å². The number of rotatable bonds is 4. The summed E-state index contributed by atoms with van der Waals surface area (Å²) in [7, 11) is -1.94. The topological polar surface area (TPSA) is 63.3 Å². The summed E-state index contributed by atoms with van der Waals surface area (Å²) in [6.45, 7) is 1.89. The first kappa shape index (κ1) is 12.9. The van der Waals surface area contributed by atoms with E-state index in [9.17, 15) is 4.57 Å². The van der Waals surface area contributed by atoms with Crippen LogP contribution >= 0.6 is 20.4 Å². The van der Waals surface area contributed by atoms with Crippen molar-refractivity contribution in [3.8, 4) is 0 Å². The van der Waals surface area contributed by atoms with Crippen LogP contribution in [-0.4, -0.2) is 17.1 Å². The first-order valence-corrected chi connectivity index (χ1v) is 4.42. The summed E-state index contributed by atoms with van der Waals surface area (Å²) in [5.74, 6) is 0. The van der Waals surface area contributed by atoms with E-state index in [0.29, 0.717) is 6.16 Å². The smallest absolute Gasteiger partial charge is 0.328 e. The van der Waals surface area contributed by atoms with Gasteiger partial charge in [0.05, 0.1) is 0 Å². The minimum absolute atomic E-state index is 0. The molecule has 0 rings (SSSR count). The Morgan fingerprint density at radius 3 is 2.50 bits per heavy atom. The SMILES string of the molecule is C[C@@H](N)CCC[P+](=O)O.Cl. The van der Waals surface area contributed by atoms with Gasteiger partial charge in [0.2, 0.25) is 0 Å². The zero-order chi connectivity index (χ0) is 7.28. The zero-order valence-corrected chi connectivity index (χ0v) is 7.70. The van der Waals surface area contributed by atoms with E-state index in [1.165, 1.54) is 0 Å². The normalized spacial score (nSPS) is 13.7.